The van der Waals surface area contributed by atoms with Gasteiger partial charge in [0.1, 0.15) is 5.82 Å². The van der Waals surface area contributed by atoms with Crippen molar-refractivity contribution in [3.05, 3.63) is 58.9 Å². The van der Waals surface area contributed by atoms with Crippen LogP contribution in [0.2, 0.25) is 0 Å². The van der Waals surface area contributed by atoms with Gasteiger partial charge in [-0.15, -0.1) is 0 Å². The van der Waals surface area contributed by atoms with Gasteiger partial charge in [-0.05, 0) is 49.2 Å². The molecule has 0 saturated carbocycles. The third-order valence-electron chi connectivity index (χ3n) is 2.77. The van der Waals surface area contributed by atoms with Crippen molar-refractivity contribution in [2.75, 3.05) is 0 Å². The Morgan fingerprint density at radius 1 is 1.00 bits per heavy atom. The lowest BCUT2D eigenvalue weighted by molar-refractivity contribution is 0.631. The van der Waals surface area contributed by atoms with Gasteiger partial charge in [-0.1, -0.05) is 17.7 Å². The van der Waals surface area contributed by atoms with Gasteiger partial charge in [0.2, 0.25) is 0 Å². The van der Waals surface area contributed by atoms with Gasteiger partial charge in [-0.25, -0.2) is 4.39 Å². The molecular weight excluding hydrogens is 213 g/mol. The van der Waals surface area contributed by atoms with Crippen LogP contribution in [0.15, 0.2) is 36.4 Å². The highest BCUT2D eigenvalue weighted by Gasteiger charge is 2.08. The molecule has 0 atom stereocenters. The number of benzene rings is 2. The molecule has 2 rings (SSSR count). The predicted octanol–water partition coefficient (Wildman–Crippen LogP) is 3.98. The zero-order valence-electron chi connectivity index (χ0n) is 9.79. The largest absolute Gasteiger partial charge is 0.206 e. The second kappa shape index (κ2) is 4.39. The molecular formula is C15H12FN. The fraction of sp³-hybridized carbons (Fsp3) is 0.133. The fourth-order valence-electron chi connectivity index (χ4n) is 1.88. The number of nitriles is 1. The van der Waals surface area contributed by atoms with Gasteiger partial charge in [-0.3, -0.25) is 0 Å². The van der Waals surface area contributed by atoms with Crippen molar-refractivity contribution in [1.82, 2.24) is 0 Å². The zero-order chi connectivity index (χ0) is 12.4. The molecule has 0 amide bonds. The second-order valence-corrected chi connectivity index (χ2v) is 4.12. The normalized spacial score (nSPS) is 10.0. The lowest BCUT2D eigenvalue weighted by Gasteiger charge is -2.08. The molecule has 2 aromatic rings. The second-order valence-electron chi connectivity index (χ2n) is 4.12. The summed E-state index contributed by atoms with van der Waals surface area (Å²) in [6.07, 6.45) is 0. The van der Waals surface area contributed by atoms with Crippen molar-refractivity contribution in [3.8, 4) is 17.2 Å². The average Bonchev–Trinajstić information content (AvgIpc) is 2.32. The maximum atomic E-state index is 13.8. The highest BCUT2D eigenvalue weighted by atomic mass is 19.1. The van der Waals surface area contributed by atoms with Gasteiger partial charge >= 0.3 is 0 Å². The summed E-state index contributed by atoms with van der Waals surface area (Å²) in [6.45, 7) is 3.82. The van der Waals surface area contributed by atoms with Crippen LogP contribution in [0, 0.1) is 31.0 Å². The Bertz CT molecular complexity index is 609. The lowest BCUT2D eigenvalue weighted by Crippen LogP contribution is -1.90. The van der Waals surface area contributed by atoms with E-state index in [2.05, 4.69) is 6.07 Å². The molecule has 0 spiro atoms. The molecule has 0 saturated heterocycles. The zero-order valence-corrected chi connectivity index (χ0v) is 9.79. The minimum Gasteiger partial charge on any atom is -0.206 e. The van der Waals surface area contributed by atoms with E-state index in [1.807, 2.05) is 19.9 Å². The van der Waals surface area contributed by atoms with Crippen LogP contribution in [0.4, 0.5) is 4.39 Å². The summed E-state index contributed by atoms with van der Waals surface area (Å²) >= 11 is 0. The predicted molar refractivity (Wildman–Crippen MR) is 66.0 cm³/mol. The van der Waals surface area contributed by atoms with E-state index in [4.69, 9.17) is 5.26 Å². The Kier molecular flexibility index (Phi) is 2.93. The highest BCUT2D eigenvalue weighted by Crippen LogP contribution is 2.27. The van der Waals surface area contributed by atoms with E-state index in [0.29, 0.717) is 11.1 Å². The number of hydrogen-bond donors (Lipinski definition) is 0. The molecule has 0 aliphatic carbocycles. The van der Waals surface area contributed by atoms with E-state index >= 15 is 0 Å². The molecule has 0 fully saturated rings. The molecule has 17 heavy (non-hydrogen) atoms. The Labute approximate surface area is 100 Å². The molecule has 0 radical (unpaired) electrons. The molecule has 0 unspecified atom stereocenters. The van der Waals surface area contributed by atoms with Crippen LogP contribution in [0.5, 0.6) is 0 Å². The van der Waals surface area contributed by atoms with Gasteiger partial charge in [-0.2, -0.15) is 5.26 Å². The molecule has 0 bridgehead atoms. The number of aryl methyl sites for hydroxylation is 2. The third-order valence-corrected chi connectivity index (χ3v) is 2.77. The van der Waals surface area contributed by atoms with Crippen molar-refractivity contribution in [2.45, 2.75) is 13.8 Å². The summed E-state index contributed by atoms with van der Waals surface area (Å²) in [5, 5.41) is 8.80. The molecule has 0 N–H and O–H groups in total. The van der Waals surface area contributed by atoms with Crippen molar-refractivity contribution >= 4 is 0 Å². The van der Waals surface area contributed by atoms with E-state index in [1.54, 1.807) is 24.3 Å². The molecule has 0 aromatic heterocycles. The first-order chi connectivity index (χ1) is 8.11. The maximum absolute atomic E-state index is 13.8. The first-order valence-corrected chi connectivity index (χ1v) is 5.39. The van der Waals surface area contributed by atoms with Gasteiger partial charge in [0.25, 0.3) is 0 Å². The molecule has 2 heteroatoms. The molecule has 0 heterocycles. The van der Waals surface area contributed by atoms with E-state index in [9.17, 15) is 4.39 Å². The van der Waals surface area contributed by atoms with Crippen LogP contribution in [0.25, 0.3) is 11.1 Å². The minimum absolute atomic E-state index is 0.233. The highest BCUT2D eigenvalue weighted by molar-refractivity contribution is 5.69. The first kappa shape index (κ1) is 11.3. The molecule has 2 aromatic carbocycles. The van der Waals surface area contributed by atoms with Crippen LogP contribution in [-0.4, -0.2) is 0 Å². The van der Waals surface area contributed by atoms with Crippen molar-refractivity contribution in [3.63, 3.8) is 0 Å². The quantitative estimate of drug-likeness (QED) is 0.720. The Morgan fingerprint density at radius 2 is 1.76 bits per heavy atom. The van der Waals surface area contributed by atoms with Gasteiger partial charge < -0.3 is 0 Å². The lowest BCUT2D eigenvalue weighted by atomic mass is 9.97. The summed E-state index contributed by atoms with van der Waals surface area (Å²) in [5.41, 5.74) is 3.95. The number of rotatable bonds is 1. The minimum atomic E-state index is -0.233. The van der Waals surface area contributed by atoms with Crippen LogP contribution in [-0.2, 0) is 0 Å². The van der Waals surface area contributed by atoms with Crippen molar-refractivity contribution in [2.24, 2.45) is 0 Å². The van der Waals surface area contributed by atoms with Gasteiger partial charge in [0.15, 0.2) is 0 Å². The fourth-order valence-corrected chi connectivity index (χ4v) is 1.88. The van der Waals surface area contributed by atoms with E-state index in [-0.39, 0.29) is 5.82 Å². The molecule has 0 aliphatic heterocycles. The Balaban J connectivity index is 2.61. The van der Waals surface area contributed by atoms with Crippen LogP contribution in [0.1, 0.15) is 16.7 Å². The van der Waals surface area contributed by atoms with Gasteiger partial charge in [0.05, 0.1) is 11.6 Å². The van der Waals surface area contributed by atoms with Crippen molar-refractivity contribution in [1.29, 1.82) is 5.26 Å². The number of nitrogens with zero attached hydrogens (tertiary/aromatic N) is 1. The van der Waals surface area contributed by atoms with Crippen molar-refractivity contribution < 1.29 is 4.39 Å². The Morgan fingerprint density at radius 3 is 2.41 bits per heavy atom. The third kappa shape index (κ3) is 2.19. The summed E-state index contributed by atoms with van der Waals surface area (Å²) < 4.78 is 13.8. The summed E-state index contributed by atoms with van der Waals surface area (Å²) in [5.74, 6) is -0.233. The summed E-state index contributed by atoms with van der Waals surface area (Å²) in [7, 11) is 0. The SMILES string of the molecule is Cc1ccc(F)c(-c2ccc(C#N)cc2C)c1. The molecule has 0 aliphatic rings. The number of halogens is 1. The molecule has 84 valence electrons. The summed E-state index contributed by atoms with van der Waals surface area (Å²) in [6, 6.07) is 12.4. The average molecular weight is 225 g/mol. The summed E-state index contributed by atoms with van der Waals surface area (Å²) in [4.78, 5) is 0. The first-order valence-electron chi connectivity index (χ1n) is 5.39. The van der Waals surface area contributed by atoms with Crippen LogP contribution in [0.3, 0.4) is 0 Å². The van der Waals surface area contributed by atoms with E-state index in [1.165, 1.54) is 6.07 Å². The van der Waals surface area contributed by atoms with Gasteiger partial charge in [0, 0.05) is 5.56 Å². The maximum Gasteiger partial charge on any atom is 0.131 e. The van der Waals surface area contributed by atoms with Crippen LogP contribution < -0.4 is 0 Å². The van der Waals surface area contributed by atoms with E-state index in [0.717, 1.165) is 16.7 Å². The Hall–Kier alpha value is -2.14. The standard InChI is InChI=1S/C15H12FN/c1-10-3-6-15(16)14(7-10)13-5-4-12(9-17)8-11(13)2/h3-8H,1-2H3. The molecule has 1 nitrogen and oxygen atoms in total. The topological polar surface area (TPSA) is 23.8 Å². The monoisotopic (exact) mass is 225 g/mol. The van der Waals surface area contributed by atoms with E-state index < -0.39 is 0 Å². The number of hydrogen-bond acceptors (Lipinski definition) is 1. The van der Waals surface area contributed by atoms with Crippen LogP contribution >= 0.6 is 0 Å². The smallest absolute Gasteiger partial charge is 0.131 e.